The summed E-state index contributed by atoms with van der Waals surface area (Å²) in [4.78, 5) is 21.9. The lowest BCUT2D eigenvalue weighted by Gasteiger charge is -1.99. The molecule has 0 bridgehead atoms. The summed E-state index contributed by atoms with van der Waals surface area (Å²) in [6.07, 6.45) is 3.30. The second kappa shape index (κ2) is 8.00. The van der Waals surface area contributed by atoms with Crippen LogP contribution in [0.2, 0.25) is 0 Å². The molecule has 2 rings (SSSR count). The quantitative estimate of drug-likeness (QED) is 0.492. The van der Waals surface area contributed by atoms with Crippen LogP contribution in [0, 0.1) is 10.1 Å². The predicted molar refractivity (Wildman–Crippen MR) is 92.4 cm³/mol. The summed E-state index contributed by atoms with van der Waals surface area (Å²) in [5.74, 6) is -0.448. The number of amides is 1. The largest absolute Gasteiger partial charge is 0.271 e. The number of benzene rings is 2. The summed E-state index contributed by atoms with van der Waals surface area (Å²) >= 11 is 3.33. The molecule has 0 fully saturated rings. The molecule has 0 aromatic heterocycles. The number of hydrazone groups is 1. The van der Waals surface area contributed by atoms with E-state index in [1.54, 1.807) is 0 Å². The lowest BCUT2D eigenvalue weighted by molar-refractivity contribution is -0.384. The number of hydrogen-bond donors (Lipinski definition) is 1. The van der Waals surface area contributed by atoms with Crippen molar-refractivity contribution in [1.29, 1.82) is 0 Å². The molecule has 0 heterocycles. The molecule has 0 atom stereocenters. The highest BCUT2D eigenvalue weighted by molar-refractivity contribution is 9.12. The number of nitro groups is 1. The Labute approximate surface area is 140 Å². The number of hydrogen-bond acceptors (Lipinski definition) is 4. The van der Waals surface area contributed by atoms with Crippen LogP contribution in [-0.4, -0.2) is 17.0 Å². The molecular weight excluding hydrogens is 362 g/mol. The number of nitrogens with zero attached hydrogens (tertiary/aromatic N) is 2. The fourth-order valence-corrected chi connectivity index (χ4v) is 2.06. The Bertz CT molecular complexity index is 756. The van der Waals surface area contributed by atoms with Gasteiger partial charge in [-0.3, -0.25) is 14.9 Å². The van der Waals surface area contributed by atoms with Crippen LogP contribution in [0.1, 0.15) is 15.9 Å². The Morgan fingerprint density at radius 3 is 2.39 bits per heavy atom. The van der Waals surface area contributed by atoms with Gasteiger partial charge in [0.05, 0.1) is 11.1 Å². The minimum atomic E-state index is -0.522. The monoisotopic (exact) mass is 373 g/mol. The molecule has 0 unspecified atom stereocenters. The van der Waals surface area contributed by atoms with Gasteiger partial charge >= 0.3 is 0 Å². The van der Waals surface area contributed by atoms with Crippen molar-refractivity contribution in [1.82, 2.24) is 5.43 Å². The number of allylic oxidation sites excluding steroid dienone is 1. The van der Waals surface area contributed by atoms with E-state index in [0.717, 1.165) is 5.56 Å². The minimum Gasteiger partial charge on any atom is -0.267 e. The SMILES string of the molecule is O=C(NN=C/C(Br)=C/c1ccccc1)c1ccc([N+](=O)[O-])cc1. The summed E-state index contributed by atoms with van der Waals surface area (Å²) in [5, 5.41) is 14.4. The Kier molecular flexibility index (Phi) is 5.76. The first-order valence-electron chi connectivity index (χ1n) is 6.56. The van der Waals surface area contributed by atoms with E-state index in [1.807, 2.05) is 36.4 Å². The van der Waals surface area contributed by atoms with Crippen LogP contribution in [0.5, 0.6) is 0 Å². The second-order valence-corrected chi connectivity index (χ2v) is 5.36. The maximum atomic E-state index is 11.8. The lowest BCUT2D eigenvalue weighted by atomic mass is 10.2. The van der Waals surface area contributed by atoms with Gasteiger partial charge in [0.15, 0.2) is 0 Å². The number of nitro benzene ring substituents is 1. The second-order valence-electron chi connectivity index (χ2n) is 4.44. The first-order valence-corrected chi connectivity index (χ1v) is 7.35. The highest BCUT2D eigenvalue weighted by Crippen LogP contribution is 2.12. The third kappa shape index (κ3) is 5.15. The molecule has 1 amide bonds. The van der Waals surface area contributed by atoms with Crippen molar-refractivity contribution in [3.8, 4) is 0 Å². The van der Waals surface area contributed by atoms with E-state index in [-0.39, 0.29) is 11.3 Å². The fourth-order valence-electron chi connectivity index (χ4n) is 1.70. The van der Waals surface area contributed by atoms with Crippen LogP contribution >= 0.6 is 15.9 Å². The number of carbonyl (C=O) groups is 1. The third-order valence-electron chi connectivity index (χ3n) is 2.80. The van der Waals surface area contributed by atoms with E-state index in [1.165, 1.54) is 30.5 Å². The molecule has 0 aliphatic rings. The Hall–Kier alpha value is -2.80. The van der Waals surface area contributed by atoms with Gasteiger partial charge in [0, 0.05) is 22.2 Å². The Morgan fingerprint density at radius 1 is 1.13 bits per heavy atom. The molecule has 116 valence electrons. The average Bonchev–Trinajstić information content (AvgIpc) is 2.55. The van der Waals surface area contributed by atoms with E-state index in [2.05, 4.69) is 26.5 Å². The third-order valence-corrected chi connectivity index (χ3v) is 3.23. The van der Waals surface area contributed by atoms with Crippen LogP contribution < -0.4 is 5.43 Å². The molecule has 1 N–H and O–H groups in total. The summed E-state index contributed by atoms with van der Waals surface area (Å²) in [6.45, 7) is 0. The van der Waals surface area contributed by atoms with Gasteiger partial charge in [-0.15, -0.1) is 0 Å². The zero-order valence-electron chi connectivity index (χ0n) is 11.8. The van der Waals surface area contributed by atoms with Gasteiger partial charge in [0.2, 0.25) is 0 Å². The van der Waals surface area contributed by atoms with Crippen LogP contribution in [0.3, 0.4) is 0 Å². The molecule has 0 saturated heterocycles. The molecule has 2 aromatic carbocycles. The van der Waals surface area contributed by atoms with Crippen LogP contribution in [0.15, 0.2) is 64.2 Å². The van der Waals surface area contributed by atoms with Crippen molar-refractivity contribution < 1.29 is 9.72 Å². The molecule has 0 aliphatic carbocycles. The van der Waals surface area contributed by atoms with Gasteiger partial charge in [0.1, 0.15) is 0 Å². The molecule has 0 spiro atoms. The number of carbonyl (C=O) groups excluding carboxylic acids is 1. The van der Waals surface area contributed by atoms with Gasteiger partial charge in [-0.1, -0.05) is 30.3 Å². The number of nitrogens with one attached hydrogen (secondary N) is 1. The summed E-state index contributed by atoms with van der Waals surface area (Å²) in [6, 6.07) is 14.9. The average molecular weight is 374 g/mol. The maximum Gasteiger partial charge on any atom is 0.271 e. The molecule has 0 saturated carbocycles. The Morgan fingerprint density at radius 2 is 1.78 bits per heavy atom. The standard InChI is InChI=1S/C16H12BrN3O3/c17-14(10-12-4-2-1-3-5-12)11-18-19-16(21)13-6-8-15(9-7-13)20(22)23/h1-11H,(H,19,21)/b14-10-,18-11?. The molecule has 0 aliphatic heterocycles. The van der Waals surface area contributed by atoms with Crippen molar-refractivity contribution in [3.05, 3.63) is 80.3 Å². The Balaban J connectivity index is 1.95. The van der Waals surface area contributed by atoms with Crippen LogP contribution in [0.25, 0.3) is 6.08 Å². The molecule has 6 nitrogen and oxygen atoms in total. The van der Waals surface area contributed by atoms with E-state index < -0.39 is 10.8 Å². The number of halogens is 1. The van der Waals surface area contributed by atoms with E-state index in [4.69, 9.17) is 0 Å². The van der Waals surface area contributed by atoms with Crippen LogP contribution in [-0.2, 0) is 0 Å². The van der Waals surface area contributed by atoms with Crippen molar-refractivity contribution in [3.63, 3.8) is 0 Å². The fraction of sp³-hybridized carbons (Fsp3) is 0. The normalized spacial score (nSPS) is 11.4. The highest BCUT2D eigenvalue weighted by Gasteiger charge is 2.08. The zero-order chi connectivity index (χ0) is 16.7. The molecule has 0 radical (unpaired) electrons. The van der Waals surface area contributed by atoms with Gasteiger partial charge in [-0.05, 0) is 39.7 Å². The lowest BCUT2D eigenvalue weighted by Crippen LogP contribution is -2.17. The van der Waals surface area contributed by atoms with Crippen molar-refractivity contribution in [2.45, 2.75) is 0 Å². The minimum absolute atomic E-state index is 0.0707. The highest BCUT2D eigenvalue weighted by atomic mass is 79.9. The predicted octanol–water partition coefficient (Wildman–Crippen LogP) is 3.75. The smallest absolute Gasteiger partial charge is 0.267 e. The van der Waals surface area contributed by atoms with Gasteiger partial charge in [-0.25, -0.2) is 5.43 Å². The maximum absolute atomic E-state index is 11.8. The van der Waals surface area contributed by atoms with E-state index >= 15 is 0 Å². The summed E-state index contributed by atoms with van der Waals surface area (Å²) < 4.78 is 0.688. The van der Waals surface area contributed by atoms with Gasteiger partial charge in [-0.2, -0.15) is 5.10 Å². The van der Waals surface area contributed by atoms with E-state index in [9.17, 15) is 14.9 Å². The van der Waals surface area contributed by atoms with E-state index in [0.29, 0.717) is 4.48 Å². The van der Waals surface area contributed by atoms with Gasteiger partial charge < -0.3 is 0 Å². The van der Waals surface area contributed by atoms with Crippen LogP contribution in [0.4, 0.5) is 5.69 Å². The van der Waals surface area contributed by atoms with Crippen molar-refractivity contribution >= 4 is 39.8 Å². The zero-order valence-corrected chi connectivity index (χ0v) is 13.4. The first kappa shape index (κ1) is 16.6. The summed E-state index contributed by atoms with van der Waals surface area (Å²) in [7, 11) is 0. The number of non-ortho nitro benzene ring substituents is 1. The molecule has 2 aromatic rings. The molecular formula is C16H12BrN3O3. The van der Waals surface area contributed by atoms with Crippen molar-refractivity contribution in [2.75, 3.05) is 0 Å². The van der Waals surface area contributed by atoms with Gasteiger partial charge in [0.25, 0.3) is 11.6 Å². The summed E-state index contributed by atoms with van der Waals surface area (Å²) in [5.41, 5.74) is 3.56. The molecule has 7 heteroatoms. The number of rotatable bonds is 5. The topological polar surface area (TPSA) is 84.6 Å². The molecule has 23 heavy (non-hydrogen) atoms. The van der Waals surface area contributed by atoms with Crippen molar-refractivity contribution in [2.24, 2.45) is 5.10 Å². The first-order chi connectivity index (χ1) is 11.1.